The molecule has 1 saturated carbocycles. The second kappa shape index (κ2) is 10.4. The highest BCUT2D eigenvalue weighted by Gasteiger charge is 2.38. The SMILES string of the molecule is CC#CC(=O)N1C[C@@H](n2nc(C#Cc3c(F)cc4c(ncn4C4CC4)c3F)c(C(N)=O)c2NC)C[C@@H]1COC. The molecule has 2 amide bonds. The Morgan fingerprint density at radius 3 is 2.67 bits per heavy atom. The van der Waals surface area contributed by atoms with Gasteiger partial charge in [0.2, 0.25) is 0 Å². The topological polar surface area (TPSA) is 120 Å². The summed E-state index contributed by atoms with van der Waals surface area (Å²) in [6.45, 7) is 2.12. The lowest BCUT2D eigenvalue weighted by Gasteiger charge is -2.21. The summed E-state index contributed by atoms with van der Waals surface area (Å²) < 4.78 is 38.9. The van der Waals surface area contributed by atoms with Crippen molar-refractivity contribution in [2.45, 2.75) is 44.3 Å². The third-order valence-electron chi connectivity index (χ3n) is 6.99. The van der Waals surface area contributed by atoms with Crippen LogP contribution in [0.1, 0.15) is 59.9 Å². The Labute approximate surface area is 223 Å². The number of carbonyl (C=O) groups is 2. The number of ether oxygens (including phenoxy) is 1. The first-order valence-corrected chi connectivity index (χ1v) is 12.5. The molecule has 10 nitrogen and oxygen atoms in total. The monoisotopic (exact) mass is 535 g/mol. The van der Waals surface area contributed by atoms with Crippen LogP contribution in [0.15, 0.2) is 12.4 Å². The number of fused-ring (bicyclic) bond motifs is 1. The normalized spacial score (nSPS) is 18.4. The van der Waals surface area contributed by atoms with Crippen molar-refractivity contribution < 1.29 is 23.1 Å². The maximum Gasteiger partial charge on any atom is 0.298 e. The Morgan fingerprint density at radius 2 is 2.03 bits per heavy atom. The lowest BCUT2D eigenvalue weighted by atomic mass is 10.1. The molecule has 2 aromatic heterocycles. The molecular formula is C27H27F2N7O3. The third-order valence-corrected chi connectivity index (χ3v) is 6.99. The molecule has 12 heteroatoms. The van der Waals surface area contributed by atoms with Gasteiger partial charge in [-0.15, -0.1) is 0 Å². The van der Waals surface area contributed by atoms with Gasteiger partial charge < -0.3 is 25.3 Å². The molecule has 0 spiro atoms. The Hall–Kier alpha value is -4.42. The van der Waals surface area contributed by atoms with E-state index >= 15 is 8.78 Å². The van der Waals surface area contributed by atoms with Gasteiger partial charge in [-0.2, -0.15) is 5.10 Å². The second-order valence-corrected chi connectivity index (χ2v) is 9.51. The summed E-state index contributed by atoms with van der Waals surface area (Å²) in [7, 11) is 3.13. The summed E-state index contributed by atoms with van der Waals surface area (Å²) in [5, 5.41) is 7.42. The van der Waals surface area contributed by atoms with E-state index in [2.05, 4.69) is 39.1 Å². The largest absolute Gasteiger partial charge is 0.383 e. The number of nitrogens with one attached hydrogen (secondary N) is 1. The fourth-order valence-corrected chi connectivity index (χ4v) is 5.08. The van der Waals surface area contributed by atoms with Crippen molar-refractivity contribution in [1.29, 1.82) is 0 Å². The van der Waals surface area contributed by atoms with Gasteiger partial charge in [0.25, 0.3) is 11.8 Å². The molecule has 2 fully saturated rings. The minimum atomic E-state index is -0.879. The molecule has 3 N–H and O–H groups in total. The van der Waals surface area contributed by atoms with Crippen molar-refractivity contribution in [3.63, 3.8) is 0 Å². The fourth-order valence-electron chi connectivity index (χ4n) is 5.08. The Kier molecular flexibility index (Phi) is 6.98. The van der Waals surface area contributed by atoms with Gasteiger partial charge in [0.15, 0.2) is 11.5 Å². The fraction of sp³-hybridized carbons (Fsp3) is 0.407. The summed E-state index contributed by atoms with van der Waals surface area (Å²) in [6, 6.07) is 0.797. The number of hydrogen-bond donors (Lipinski definition) is 2. The van der Waals surface area contributed by atoms with E-state index in [1.807, 2.05) is 0 Å². The number of halogens is 2. The molecule has 0 radical (unpaired) electrons. The summed E-state index contributed by atoms with van der Waals surface area (Å²) in [5.41, 5.74) is 5.52. The van der Waals surface area contributed by atoms with E-state index in [4.69, 9.17) is 10.5 Å². The van der Waals surface area contributed by atoms with Crippen LogP contribution >= 0.6 is 0 Å². The van der Waals surface area contributed by atoms with Crippen LogP contribution in [0.3, 0.4) is 0 Å². The molecule has 1 saturated heterocycles. The molecule has 1 aromatic carbocycles. The standard InChI is InChI=1S/C27H27F2N7O3/c1-4-5-22(37)34-12-16(10-17(34)13-39-3)36-27(31-2)23(26(30)38)20(33-36)9-8-18-19(28)11-21-25(24(18)29)32-14-35(21)15-6-7-15/h11,14-17,31H,6-7,10,12-13H2,1-3H3,(H2,30,38)/t16-,17+/m0/s1. The first kappa shape index (κ1) is 26.2. The summed E-state index contributed by atoms with van der Waals surface area (Å²) in [5.74, 6) is 7.71. The van der Waals surface area contributed by atoms with Crippen LogP contribution in [0.25, 0.3) is 11.0 Å². The summed E-state index contributed by atoms with van der Waals surface area (Å²) in [4.78, 5) is 30.7. The Bertz CT molecular complexity index is 1600. The zero-order chi connectivity index (χ0) is 27.8. The van der Waals surface area contributed by atoms with E-state index in [1.165, 1.54) is 17.1 Å². The number of methoxy groups -OCH3 is 1. The van der Waals surface area contributed by atoms with Gasteiger partial charge in [0.1, 0.15) is 22.7 Å². The van der Waals surface area contributed by atoms with Crippen LogP contribution in [0.4, 0.5) is 14.6 Å². The van der Waals surface area contributed by atoms with Crippen LogP contribution in [0, 0.1) is 35.3 Å². The average molecular weight is 536 g/mol. The van der Waals surface area contributed by atoms with E-state index in [-0.39, 0.29) is 59.8 Å². The number of rotatable bonds is 6. The molecule has 39 heavy (non-hydrogen) atoms. The molecule has 0 unspecified atom stereocenters. The number of likely N-dealkylation sites (tertiary alicyclic amines) is 1. The molecule has 3 aromatic rings. The van der Waals surface area contributed by atoms with Gasteiger partial charge in [0, 0.05) is 32.8 Å². The van der Waals surface area contributed by atoms with Gasteiger partial charge in [-0.1, -0.05) is 11.8 Å². The van der Waals surface area contributed by atoms with Crippen LogP contribution < -0.4 is 11.1 Å². The number of anilines is 1. The number of nitrogens with zero attached hydrogens (tertiary/aromatic N) is 5. The number of amides is 2. The van der Waals surface area contributed by atoms with Crippen molar-refractivity contribution in [2.24, 2.45) is 5.73 Å². The molecule has 5 rings (SSSR count). The smallest absolute Gasteiger partial charge is 0.298 e. The molecule has 3 heterocycles. The van der Waals surface area contributed by atoms with Gasteiger partial charge >= 0.3 is 0 Å². The Morgan fingerprint density at radius 1 is 1.26 bits per heavy atom. The maximum absolute atomic E-state index is 15.3. The summed E-state index contributed by atoms with van der Waals surface area (Å²) >= 11 is 0. The third kappa shape index (κ3) is 4.68. The van der Waals surface area contributed by atoms with E-state index < -0.39 is 23.1 Å². The van der Waals surface area contributed by atoms with Crippen LogP contribution in [-0.4, -0.2) is 69.4 Å². The predicted molar refractivity (Wildman–Crippen MR) is 139 cm³/mol. The maximum atomic E-state index is 15.3. The quantitative estimate of drug-likeness (QED) is 0.467. The van der Waals surface area contributed by atoms with Crippen molar-refractivity contribution in [2.75, 3.05) is 32.6 Å². The van der Waals surface area contributed by atoms with E-state index in [9.17, 15) is 9.59 Å². The highest BCUT2D eigenvalue weighted by atomic mass is 19.1. The second-order valence-electron chi connectivity index (χ2n) is 9.51. The lowest BCUT2D eigenvalue weighted by Crippen LogP contribution is -2.37. The number of carbonyl (C=O) groups excluding carboxylic acids is 2. The van der Waals surface area contributed by atoms with Crippen molar-refractivity contribution in [3.05, 3.63) is 40.8 Å². The number of imidazole rings is 1. The minimum absolute atomic E-state index is 0.0219. The molecule has 2 aliphatic rings. The molecule has 2 atom stereocenters. The molecule has 1 aliphatic carbocycles. The predicted octanol–water partition coefficient (Wildman–Crippen LogP) is 2.20. The van der Waals surface area contributed by atoms with Crippen molar-refractivity contribution in [1.82, 2.24) is 24.2 Å². The molecule has 202 valence electrons. The van der Waals surface area contributed by atoms with Crippen LogP contribution in [-0.2, 0) is 9.53 Å². The minimum Gasteiger partial charge on any atom is -0.383 e. The molecule has 0 bridgehead atoms. The zero-order valence-corrected chi connectivity index (χ0v) is 21.7. The van der Waals surface area contributed by atoms with Gasteiger partial charge in [-0.05, 0) is 38.0 Å². The number of nitrogens with two attached hydrogens (primary N) is 1. The first-order chi connectivity index (χ1) is 18.8. The lowest BCUT2D eigenvalue weighted by molar-refractivity contribution is -0.126. The van der Waals surface area contributed by atoms with E-state index in [0.29, 0.717) is 11.9 Å². The van der Waals surface area contributed by atoms with Crippen LogP contribution in [0.2, 0.25) is 0 Å². The van der Waals surface area contributed by atoms with Crippen LogP contribution in [0.5, 0.6) is 0 Å². The van der Waals surface area contributed by atoms with Crippen molar-refractivity contribution >= 4 is 28.7 Å². The average Bonchev–Trinajstić information content (AvgIpc) is 3.34. The number of aromatic nitrogens is 4. The first-order valence-electron chi connectivity index (χ1n) is 12.5. The molecule has 1 aliphatic heterocycles. The van der Waals surface area contributed by atoms with Crippen molar-refractivity contribution in [3.8, 4) is 23.7 Å². The zero-order valence-electron chi connectivity index (χ0n) is 21.7. The number of benzene rings is 1. The number of hydrogen-bond acceptors (Lipinski definition) is 6. The van der Waals surface area contributed by atoms with Gasteiger partial charge in [-0.3, -0.25) is 9.59 Å². The highest BCUT2D eigenvalue weighted by Crippen LogP contribution is 2.38. The van der Waals surface area contributed by atoms with Gasteiger partial charge in [0.05, 0.1) is 36.1 Å². The van der Waals surface area contributed by atoms with E-state index in [0.717, 1.165) is 12.8 Å². The number of primary amides is 1. The summed E-state index contributed by atoms with van der Waals surface area (Å²) in [6.07, 6.45) is 3.85. The molecular weight excluding hydrogens is 508 g/mol. The highest BCUT2D eigenvalue weighted by molar-refractivity contribution is 6.00. The van der Waals surface area contributed by atoms with E-state index in [1.54, 1.807) is 30.5 Å². The van der Waals surface area contributed by atoms with Gasteiger partial charge in [-0.25, -0.2) is 18.4 Å². The Balaban J connectivity index is 1.54.